The van der Waals surface area contributed by atoms with Crippen LogP contribution in [0.5, 0.6) is 0 Å². The quantitative estimate of drug-likeness (QED) is 0.655. The molecule has 5 heteroatoms. The van der Waals surface area contributed by atoms with Gasteiger partial charge in [0, 0.05) is 24.7 Å². The van der Waals surface area contributed by atoms with Gasteiger partial charge in [-0.2, -0.15) is 0 Å². The molecule has 0 spiro atoms. The Kier molecular flexibility index (Phi) is 4.39. The molecule has 1 aliphatic rings. The zero-order valence-electron chi connectivity index (χ0n) is 10.7. The number of nitrogens with one attached hydrogen (secondary N) is 2. The van der Waals surface area contributed by atoms with E-state index in [0.717, 1.165) is 12.8 Å². The third kappa shape index (κ3) is 4.28. The molecule has 0 radical (unpaired) electrons. The molecular formula is C14H18N2O3. The second-order valence-corrected chi connectivity index (χ2v) is 4.72. The minimum Gasteiger partial charge on any atom is -0.478 e. The number of aromatic carboxylic acids is 1. The summed E-state index contributed by atoms with van der Waals surface area (Å²) in [6, 6.07) is 7.16. The molecule has 1 fully saturated rings. The van der Waals surface area contributed by atoms with Gasteiger partial charge in [-0.05, 0) is 31.4 Å². The highest BCUT2D eigenvalue weighted by molar-refractivity contribution is 5.94. The van der Waals surface area contributed by atoms with Crippen LogP contribution in [0.15, 0.2) is 24.3 Å². The summed E-state index contributed by atoms with van der Waals surface area (Å²) in [6.45, 7) is 0.586. The second kappa shape index (κ2) is 6.22. The lowest BCUT2D eigenvalue weighted by Gasteiger charge is -2.09. The number of hydrogen-bond acceptors (Lipinski definition) is 3. The molecular weight excluding hydrogens is 244 g/mol. The summed E-state index contributed by atoms with van der Waals surface area (Å²) in [5, 5.41) is 15.0. The Labute approximate surface area is 112 Å². The van der Waals surface area contributed by atoms with Gasteiger partial charge >= 0.3 is 5.97 Å². The highest BCUT2D eigenvalue weighted by Crippen LogP contribution is 2.19. The van der Waals surface area contributed by atoms with Crippen molar-refractivity contribution in [2.45, 2.75) is 31.7 Å². The third-order valence-corrected chi connectivity index (χ3v) is 3.00. The van der Waals surface area contributed by atoms with Gasteiger partial charge in [-0.15, -0.1) is 0 Å². The summed E-state index contributed by atoms with van der Waals surface area (Å²) in [7, 11) is 0. The minimum absolute atomic E-state index is 0.0795. The summed E-state index contributed by atoms with van der Waals surface area (Å²) in [5.41, 5.74) is 0.850. The number of para-hydroxylation sites is 1. The minimum atomic E-state index is -0.949. The zero-order valence-corrected chi connectivity index (χ0v) is 10.7. The Morgan fingerprint density at radius 2 is 2.00 bits per heavy atom. The largest absolute Gasteiger partial charge is 0.478 e. The number of amides is 1. The molecule has 1 aliphatic carbocycles. The number of carbonyl (C=O) groups excluding carboxylic acids is 1. The Morgan fingerprint density at radius 1 is 1.26 bits per heavy atom. The predicted molar refractivity (Wildman–Crippen MR) is 72.3 cm³/mol. The van der Waals surface area contributed by atoms with Gasteiger partial charge in [-0.25, -0.2) is 4.79 Å². The molecule has 0 aliphatic heterocycles. The monoisotopic (exact) mass is 262 g/mol. The maximum Gasteiger partial charge on any atom is 0.337 e. The van der Waals surface area contributed by atoms with Crippen molar-refractivity contribution in [2.75, 3.05) is 11.9 Å². The number of hydrogen-bond donors (Lipinski definition) is 3. The number of rotatable bonds is 7. The third-order valence-electron chi connectivity index (χ3n) is 3.00. The molecule has 0 unspecified atom stereocenters. The van der Waals surface area contributed by atoms with E-state index in [1.54, 1.807) is 24.3 Å². The molecule has 1 aromatic carbocycles. The molecule has 3 N–H and O–H groups in total. The molecule has 2 rings (SSSR count). The van der Waals surface area contributed by atoms with Gasteiger partial charge in [0.2, 0.25) is 5.91 Å². The topological polar surface area (TPSA) is 78.4 Å². The van der Waals surface area contributed by atoms with E-state index in [2.05, 4.69) is 10.6 Å². The number of anilines is 1. The van der Waals surface area contributed by atoms with Crippen molar-refractivity contribution >= 4 is 17.6 Å². The first-order chi connectivity index (χ1) is 9.16. The Balaban J connectivity index is 1.72. The average Bonchev–Trinajstić information content (AvgIpc) is 3.19. The van der Waals surface area contributed by atoms with Gasteiger partial charge in [-0.3, -0.25) is 4.79 Å². The molecule has 1 amide bonds. The van der Waals surface area contributed by atoms with Crippen molar-refractivity contribution in [1.82, 2.24) is 5.32 Å². The number of carboxylic acid groups (broad SMARTS) is 1. The number of carboxylic acids is 1. The van der Waals surface area contributed by atoms with E-state index < -0.39 is 5.97 Å². The molecule has 0 saturated heterocycles. The van der Waals surface area contributed by atoms with E-state index in [0.29, 0.717) is 31.1 Å². The van der Waals surface area contributed by atoms with Crippen LogP contribution in [-0.4, -0.2) is 29.6 Å². The van der Waals surface area contributed by atoms with Crippen LogP contribution in [0.1, 0.15) is 36.0 Å². The highest BCUT2D eigenvalue weighted by atomic mass is 16.4. The first-order valence-corrected chi connectivity index (χ1v) is 6.52. The maximum absolute atomic E-state index is 11.4. The Hall–Kier alpha value is -2.04. The fourth-order valence-corrected chi connectivity index (χ4v) is 1.82. The molecule has 0 heterocycles. The lowest BCUT2D eigenvalue weighted by Crippen LogP contribution is -2.25. The highest BCUT2D eigenvalue weighted by Gasteiger charge is 2.22. The fraction of sp³-hybridized carbons (Fsp3) is 0.429. The van der Waals surface area contributed by atoms with Gasteiger partial charge in [-0.1, -0.05) is 12.1 Å². The summed E-state index contributed by atoms with van der Waals surface area (Å²) >= 11 is 0. The SMILES string of the molecule is O=C(CCCNc1ccccc1C(=O)O)NC1CC1. The molecule has 0 aromatic heterocycles. The molecule has 102 valence electrons. The normalized spacial score (nSPS) is 13.9. The summed E-state index contributed by atoms with van der Waals surface area (Å²) in [5.74, 6) is -0.870. The summed E-state index contributed by atoms with van der Waals surface area (Å²) in [4.78, 5) is 22.4. The van der Waals surface area contributed by atoms with Crippen molar-refractivity contribution in [1.29, 1.82) is 0 Å². The van der Waals surface area contributed by atoms with Crippen LogP contribution in [0.25, 0.3) is 0 Å². The van der Waals surface area contributed by atoms with E-state index in [4.69, 9.17) is 5.11 Å². The van der Waals surface area contributed by atoms with Crippen LogP contribution >= 0.6 is 0 Å². The average molecular weight is 262 g/mol. The summed E-state index contributed by atoms with van der Waals surface area (Å²) in [6.07, 6.45) is 3.34. The summed E-state index contributed by atoms with van der Waals surface area (Å²) < 4.78 is 0. The maximum atomic E-state index is 11.4. The molecule has 0 atom stereocenters. The smallest absolute Gasteiger partial charge is 0.337 e. The van der Waals surface area contributed by atoms with Gasteiger partial charge in [0.1, 0.15) is 0 Å². The first kappa shape index (κ1) is 13.4. The lowest BCUT2D eigenvalue weighted by atomic mass is 10.1. The Morgan fingerprint density at radius 3 is 2.68 bits per heavy atom. The van der Waals surface area contributed by atoms with Gasteiger partial charge < -0.3 is 15.7 Å². The van der Waals surface area contributed by atoms with Crippen LogP contribution in [0, 0.1) is 0 Å². The molecule has 5 nitrogen and oxygen atoms in total. The van der Waals surface area contributed by atoms with Crippen molar-refractivity contribution in [3.8, 4) is 0 Å². The van der Waals surface area contributed by atoms with Crippen molar-refractivity contribution in [2.24, 2.45) is 0 Å². The molecule has 1 saturated carbocycles. The van der Waals surface area contributed by atoms with E-state index in [-0.39, 0.29) is 11.5 Å². The predicted octanol–water partition coefficient (Wildman–Crippen LogP) is 1.86. The van der Waals surface area contributed by atoms with Gasteiger partial charge in [0.15, 0.2) is 0 Å². The van der Waals surface area contributed by atoms with Gasteiger partial charge in [0.25, 0.3) is 0 Å². The van der Waals surface area contributed by atoms with Crippen LogP contribution in [0.4, 0.5) is 5.69 Å². The van der Waals surface area contributed by atoms with Crippen molar-refractivity contribution < 1.29 is 14.7 Å². The van der Waals surface area contributed by atoms with Crippen LogP contribution < -0.4 is 10.6 Å². The van der Waals surface area contributed by atoms with Crippen molar-refractivity contribution in [3.05, 3.63) is 29.8 Å². The number of carbonyl (C=O) groups is 2. The van der Waals surface area contributed by atoms with Gasteiger partial charge in [0.05, 0.1) is 5.56 Å². The van der Waals surface area contributed by atoms with E-state index in [1.807, 2.05) is 0 Å². The molecule has 0 bridgehead atoms. The van der Waals surface area contributed by atoms with E-state index in [1.165, 1.54) is 0 Å². The molecule has 1 aromatic rings. The van der Waals surface area contributed by atoms with E-state index >= 15 is 0 Å². The van der Waals surface area contributed by atoms with Crippen LogP contribution in [-0.2, 0) is 4.79 Å². The zero-order chi connectivity index (χ0) is 13.7. The Bertz CT molecular complexity index is 470. The van der Waals surface area contributed by atoms with Crippen molar-refractivity contribution in [3.63, 3.8) is 0 Å². The fourth-order valence-electron chi connectivity index (χ4n) is 1.82. The standard InChI is InChI=1S/C14H18N2O3/c17-13(16-10-7-8-10)6-3-9-15-12-5-2-1-4-11(12)14(18)19/h1-2,4-5,10,15H,3,6-9H2,(H,16,17)(H,18,19). The van der Waals surface area contributed by atoms with E-state index in [9.17, 15) is 9.59 Å². The lowest BCUT2D eigenvalue weighted by molar-refractivity contribution is -0.121. The number of benzene rings is 1. The first-order valence-electron chi connectivity index (χ1n) is 6.52. The van der Waals surface area contributed by atoms with Crippen LogP contribution in [0.3, 0.4) is 0 Å². The van der Waals surface area contributed by atoms with Crippen LogP contribution in [0.2, 0.25) is 0 Å². The molecule has 19 heavy (non-hydrogen) atoms. The second-order valence-electron chi connectivity index (χ2n) is 4.72.